The highest BCUT2D eigenvalue weighted by Gasteiger charge is 2.11. The van der Waals surface area contributed by atoms with Gasteiger partial charge in [0, 0.05) is 11.8 Å². The molecule has 0 aliphatic carbocycles. The van der Waals surface area contributed by atoms with E-state index in [2.05, 4.69) is 4.98 Å². The van der Waals surface area contributed by atoms with E-state index in [-0.39, 0.29) is 12.4 Å². The van der Waals surface area contributed by atoms with Crippen molar-refractivity contribution < 1.29 is 9.53 Å². The van der Waals surface area contributed by atoms with Crippen molar-refractivity contribution >= 4 is 5.97 Å². The molecule has 0 saturated heterocycles. The van der Waals surface area contributed by atoms with Crippen LogP contribution in [-0.2, 0) is 16.0 Å². The Labute approximate surface area is 88.5 Å². The maximum Gasteiger partial charge on any atom is 0.310 e. The molecule has 0 bridgehead atoms. The lowest BCUT2D eigenvalue weighted by Gasteiger charge is -2.06. The molecule has 1 aromatic heterocycles. The standard InChI is InChI=1S/C11H12N2O2/c1-3-15-11(14)6-9-8(2)4-5-13-10(9)7-12/h4-5H,3,6H2,1-2H3. The molecule has 0 saturated carbocycles. The summed E-state index contributed by atoms with van der Waals surface area (Å²) < 4.78 is 4.82. The molecule has 0 atom stereocenters. The van der Waals surface area contributed by atoms with Gasteiger partial charge in [-0.1, -0.05) is 0 Å². The van der Waals surface area contributed by atoms with E-state index in [1.54, 1.807) is 19.2 Å². The van der Waals surface area contributed by atoms with Crippen LogP contribution in [0.3, 0.4) is 0 Å². The second-order valence-corrected chi connectivity index (χ2v) is 3.05. The first-order chi connectivity index (χ1) is 7.19. The maximum absolute atomic E-state index is 11.3. The highest BCUT2D eigenvalue weighted by atomic mass is 16.5. The van der Waals surface area contributed by atoms with Gasteiger partial charge in [-0.3, -0.25) is 4.79 Å². The Morgan fingerprint density at radius 2 is 2.40 bits per heavy atom. The van der Waals surface area contributed by atoms with Crippen LogP contribution in [0.2, 0.25) is 0 Å². The first-order valence-corrected chi connectivity index (χ1v) is 4.69. The molecule has 1 heterocycles. The Balaban J connectivity index is 2.94. The van der Waals surface area contributed by atoms with E-state index in [4.69, 9.17) is 10.00 Å². The van der Waals surface area contributed by atoms with E-state index >= 15 is 0 Å². The number of pyridine rings is 1. The minimum Gasteiger partial charge on any atom is -0.466 e. The summed E-state index contributed by atoms with van der Waals surface area (Å²) in [6.07, 6.45) is 1.67. The normalized spacial score (nSPS) is 9.40. The average Bonchev–Trinajstić information content (AvgIpc) is 2.21. The summed E-state index contributed by atoms with van der Waals surface area (Å²) in [6, 6.07) is 3.74. The second-order valence-electron chi connectivity index (χ2n) is 3.05. The van der Waals surface area contributed by atoms with Crippen molar-refractivity contribution in [2.75, 3.05) is 6.61 Å². The smallest absolute Gasteiger partial charge is 0.310 e. The molecule has 0 aliphatic heterocycles. The number of hydrogen-bond acceptors (Lipinski definition) is 4. The van der Waals surface area contributed by atoms with Gasteiger partial charge in [0.25, 0.3) is 0 Å². The van der Waals surface area contributed by atoms with Gasteiger partial charge in [0.15, 0.2) is 0 Å². The zero-order valence-corrected chi connectivity index (χ0v) is 8.78. The van der Waals surface area contributed by atoms with Gasteiger partial charge in [0.05, 0.1) is 13.0 Å². The predicted molar refractivity (Wildman–Crippen MR) is 54.0 cm³/mol. The third-order valence-electron chi connectivity index (χ3n) is 2.02. The van der Waals surface area contributed by atoms with Gasteiger partial charge in [-0.25, -0.2) is 4.98 Å². The van der Waals surface area contributed by atoms with Crippen LogP contribution in [0.4, 0.5) is 0 Å². The van der Waals surface area contributed by atoms with E-state index in [1.165, 1.54) is 0 Å². The molecule has 0 spiro atoms. The number of rotatable bonds is 3. The highest BCUT2D eigenvalue weighted by Crippen LogP contribution is 2.12. The Hall–Kier alpha value is -1.89. The monoisotopic (exact) mass is 204 g/mol. The van der Waals surface area contributed by atoms with Crippen LogP contribution < -0.4 is 0 Å². The molecule has 15 heavy (non-hydrogen) atoms. The van der Waals surface area contributed by atoms with Gasteiger partial charge in [-0.15, -0.1) is 0 Å². The molecular weight excluding hydrogens is 192 g/mol. The van der Waals surface area contributed by atoms with Crippen molar-refractivity contribution in [3.05, 3.63) is 29.1 Å². The topological polar surface area (TPSA) is 63.0 Å². The first-order valence-electron chi connectivity index (χ1n) is 4.69. The van der Waals surface area contributed by atoms with E-state index < -0.39 is 0 Å². The number of nitriles is 1. The van der Waals surface area contributed by atoms with Crippen molar-refractivity contribution in [3.63, 3.8) is 0 Å². The largest absolute Gasteiger partial charge is 0.466 e. The van der Waals surface area contributed by atoms with Crippen molar-refractivity contribution in [3.8, 4) is 6.07 Å². The second kappa shape index (κ2) is 5.11. The number of carbonyl (C=O) groups excluding carboxylic acids is 1. The van der Waals surface area contributed by atoms with Gasteiger partial charge in [0.2, 0.25) is 0 Å². The summed E-state index contributed by atoms with van der Waals surface area (Å²) in [5.41, 5.74) is 1.83. The van der Waals surface area contributed by atoms with E-state index in [0.29, 0.717) is 17.9 Å². The molecule has 0 fully saturated rings. The van der Waals surface area contributed by atoms with Crippen LogP contribution in [-0.4, -0.2) is 17.6 Å². The fourth-order valence-corrected chi connectivity index (χ4v) is 1.26. The number of nitrogens with zero attached hydrogens (tertiary/aromatic N) is 2. The Bertz CT molecular complexity index is 408. The number of aromatic nitrogens is 1. The molecule has 78 valence electrons. The molecule has 1 aromatic rings. The minimum atomic E-state index is -0.329. The summed E-state index contributed by atoms with van der Waals surface area (Å²) in [6.45, 7) is 3.94. The SMILES string of the molecule is CCOC(=O)Cc1c(C)ccnc1C#N. The van der Waals surface area contributed by atoms with Crippen molar-refractivity contribution in [1.29, 1.82) is 5.26 Å². The molecule has 1 rings (SSSR count). The molecule has 0 aliphatic rings. The average molecular weight is 204 g/mol. The van der Waals surface area contributed by atoms with Crippen molar-refractivity contribution in [1.82, 2.24) is 4.98 Å². The molecule has 0 unspecified atom stereocenters. The molecule has 0 amide bonds. The van der Waals surface area contributed by atoms with Gasteiger partial charge >= 0.3 is 5.97 Å². The molecular formula is C11H12N2O2. The Morgan fingerprint density at radius 1 is 1.67 bits per heavy atom. The van der Waals surface area contributed by atoms with E-state index in [0.717, 1.165) is 5.56 Å². The summed E-state index contributed by atoms with van der Waals surface area (Å²) >= 11 is 0. The van der Waals surface area contributed by atoms with Crippen LogP contribution in [0.25, 0.3) is 0 Å². The van der Waals surface area contributed by atoms with Crippen molar-refractivity contribution in [2.45, 2.75) is 20.3 Å². The quantitative estimate of drug-likeness (QED) is 0.697. The zero-order valence-electron chi connectivity index (χ0n) is 8.78. The number of aryl methyl sites for hydroxylation is 1. The Kier molecular flexibility index (Phi) is 3.81. The number of carbonyl (C=O) groups is 1. The summed E-state index contributed by atoms with van der Waals surface area (Å²) in [4.78, 5) is 15.2. The van der Waals surface area contributed by atoms with Crippen LogP contribution in [0, 0.1) is 18.3 Å². The van der Waals surface area contributed by atoms with Crippen LogP contribution in [0.15, 0.2) is 12.3 Å². The number of hydrogen-bond donors (Lipinski definition) is 0. The fourth-order valence-electron chi connectivity index (χ4n) is 1.26. The van der Waals surface area contributed by atoms with Crippen molar-refractivity contribution in [2.24, 2.45) is 0 Å². The summed E-state index contributed by atoms with van der Waals surface area (Å²) in [7, 11) is 0. The molecule has 4 heteroatoms. The molecule has 0 N–H and O–H groups in total. The van der Waals surface area contributed by atoms with Gasteiger partial charge in [-0.2, -0.15) is 5.26 Å². The lowest BCUT2D eigenvalue weighted by molar-refractivity contribution is -0.142. The lowest BCUT2D eigenvalue weighted by Crippen LogP contribution is -2.10. The fraction of sp³-hybridized carbons (Fsp3) is 0.364. The molecule has 0 radical (unpaired) electrons. The third kappa shape index (κ3) is 2.78. The van der Waals surface area contributed by atoms with Crippen LogP contribution >= 0.6 is 0 Å². The van der Waals surface area contributed by atoms with Crippen LogP contribution in [0.5, 0.6) is 0 Å². The molecule has 4 nitrogen and oxygen atoms in total. The number of esters is 1. The van der Waals surface area contributed by atoms with E-state index in [9.17, 15) is 4.79 Å². The zero-order chi connectivity index (χ0) is 11.3. The third-order valence-corrected chi connectivity index (χ3v) is 2.02. The lowest BCUT2D eigenvalue weighted by atomic mass is 10.1. The first kappa shape index (κ1) is 11.2. The summed E-state index contributed by atoms with van der Waals surface area (Å²) in [5.74, 6) is -0.329. The van der Waals surface area contributed by atoms with Gasteiger partial charge in [0.1, 0.15) is 11.8 Å². The van der Waals surface area contributed by atoms with E-state index in [1.807, 2.05) is 13.0 Å². The maximum atomic E-state index is 11.3. The number of ether oxygens (including phenoxy) is 1. The predicted octanol–water partition coefficient (Wildman–Crippen LogP) is 1.37. The van der Waals surface area contributed by atoms with Gasteiger partial charge in [-0.05, 0) is 25.5 Å². The van der Waals surface area contributed by atoms with Gasteiger partial charge < -0.3 is 4.74 Å². The summed E-state index contributed by atoms with van der Waals surface area (Å²) in [5, 5.41) is 8.82. The highest BCUT2D eigenvalue weighted by molar-refractivity contribution is 5.73. The Morgan fingerprint density at radius 3 is 3.00 bits per heavy atom. The van der Waals surface area contributed by atoms with Crippen LogP contribution in [0.1, 0.15) is 23.7 Å². The minimum absolute atomic E-state index is 0.108. The molecule has 0 aromatic carbocycles.